The number of likely N-dealkylation sites (N-methyl/N-ethyl adjacent to an activating group) is 1. The highest BCUT2D eigenvalue weighted by atomic mass is 32.2. The first-order valence-corrected chi connectivity index (χ1v) is 11.6. The van der Waals surface area contributed by atoms with Crippen molar-refractivity contribution in [3.63, 3.8) is 0 Å². The topological polar surface area (TPSA) is 88.6 Å². The average molecular weight is 432 g/mol. The maximum absolute atomic E-state index is 12.8. The number of carbonyl (C=O) groups excluding carboxylic acids is 1. The van der Waals surface area contributed by atoms with Crippen molar-refractivity contribution in [3.05, 3.63) is 53.2 Å². The number of nitrogens with zero attached hydrogens (tertiary/aromatic N) is 2. The minimum absolute atomic E-state index is 0.170. The number of sulfonamides is 1. The van der Waals surface area contributed by atoms with Gasteiger partial charge in [-0.2, -0.15) is 4.31 Å². The lowest BCUT2D eigenvalue weighted by atomic mass is 10.1. The number of rotatable bonds is 8. The molecule has 0 unspecified atom stereocenters. The summed E-state index contributed by atoms with van der Waals surface area (Å²) in [5.74, 6) is 0.140. The van der Waals surface area contributed by atoms with E-state index in [1.165, 1.54) is 7.05 Å². The average Bonchev–Trinajstić information content (AvgIpc) is 3.22. The minimum atomic E-state index is -3.74. The first kappa shape index (κ1) is 22.2. The van der Waals surface area contributed by atoms with Crippen molar-refractivity contribution in [2.24, 2.45) is 0 Å². The maximum atomic E-state index is 12.8. The second kappa shape index (κ2) is 9.57. The molecule has 0 bridgehead atoms. The molecule has 1 fully saturated rings. The van der Waals surface area contributed by atoms with Crippen LogP contribution in [0.2, 0.25) is 0 Å². The quantitative estimate of drug-likeness (QED) is 0.694. The Morgan fingerprint density at radius 1 is 1.20 bits per heavy atom. The summed E-state index contributed by atoms with van der Waals surface area (Å²) in [6.07, 6.45) is 6.19. The Morgan fingerprint density at radius 3 is 2.63 bits per heavy atom. The number of carbonyl (C=O) groups is 1. The zero-order valence-corrected chi connectivity index (χ0v) is 18.5. The van der Waals surface area contributed by atoms with Gasteiger partial charge in [-0.05, 0) is 68.9 Å². The molecule has 1 saturated carbocycles. The van der Waals surface area contributed by atoms with Crippen LogP contribution in [-0.2, 0) is 21.4 Å². The Kier molecular flexibility index (Phi) is 7.10. The predicted molar refractivity (Wildman–Crippen MR) is 115 cm³/mol. The number of pyridine rings is 1. The minimum Gasteiger partial charge on any atom is -0.474 e. The Hall–Kier alpha value is -2.45. The van der Waals surface area contributed by atoms with Gasteiger partial charge in [-0.1, -0.05) is 12.1 Å². The molecular weight excluding hydrogens is 402 g/mol. The van der Waals surface area contributed by atoms with E-state index in [9.17, 15) is 13.2 Å². The zero-order valence-electron chi connectivity index (χ0n) is 17.7. The number of nitrogens with one attached hydrogen (secondary N) is 1. The van der Waals surface area contributed by atoms with Gasteiger partial charge in [0.15, 0.2) is 0 Å². The molecule has 1 N–H and O–H groups in total. The predicted octanol–water partition coefficient (Wildman–Crippen LogP) is 2.96. The third-order valence-corrected chi connectivity index (χ3v) is 7.26. The highest BCUT2D eigenvalue weighted by molar-refractivity contribution is 7.89. The number of amides is 1. The van der Waals surface area contributed by atoms with E-state index in [0.29, 0.717) is 5.88 Å². The molecule has 162 valence electrons. The zero-order chi connectivity index (χ0) is 21.7. The number of hydrogen-bond donors (Lipinski definition) is 1. The summed E-state index contributed by atoms with van der Waals surface area (Å²) in [5.41, 5.74) is 2.68. The number of aromatic nitrogens is 1. The molecule has 0 spiro atoms. The second-order valence-electron chi connectivity index (χ2n) is 7.78. The largest absolute Gasteiger partial charge is 0.474 e. The van der Waals surface area contributed by atoms with Crippen LogP contribution in [0.15, 0.2) is 41.4 Å². The fourth-order valence-electron chi connectivity index (χ4n) is 3.42. The summed E-state index contributed by atoms with van der Waals surface area (Å²) in [6, 6.07) is 8.60. The van der Waals surface area contributed by atoms with Gasteiger partial charge in [0, 0.05) is 25.4 Å². The third kappa shape index (κ3) is 5.37. The van der Waals surface area contributed by atoms with Crippen molar-refractivity contribution in [3.8, 4) is 5.88 Å². The van der Waals surface area contributed by atoms with Crippen molar-refractivity contribution in [1.29, 1.82) is 0 Å². The third-order valence-electron chi connectivity index (χ3n) is 5.46. The van der Waals surface area contributed by atoms with Crippen molar-refractivity contribution in [1.82, 2.24) is 14.6 Å². The molecule has 8 heteroatoms. The molecular formula is C22H29N3O4S. The normalized spacial score (nSPS) is 14.8. The molecule has 1 heterocycles. The number of benzene rings is 1. The van der Waals surface area contributed by atoms with Crippen LogP contribution in [-0.4, -0.2) is 43.3 Å². The first-order chi connectivity index (χ1) is 14.3. The lowest BCUT2D eigenvalue weighted by molar-refractivity contribution is -0.121. The highest BCUT2D eigenvalue weighted by Gasteiger charge is 2.24. The Balaban J connectivity index is 1.59. The molecule has 3 rings (SSSR count). The number of aryl methyl sites for hydroxylation is 2. The van der Waals surface area contributed by atoms with Gasteiger partial charge in [0.05, 0.1) is 11.4 Å². The van der Waals surface area contributed by atoms with E-state index in [1.54, 1.807) is 30.5 Å². The van der Waals surface area contributed by atoms with E-state index in [-0.39, 0.29) is 30.0 Å². The SMILES string of the molecule is Cc1ccc(S(=O)(=O)N(C)CC(=O)NCc2cccnc2OC2CCCC2)cc1C. The standard InChI is InChI=1S/C22H29N3O4S/c1-16-10-11-20(13-17(16)2)30(27,28)25(3)15-21(26)24-14-18-7-6-12-23-22(18)29-19-8-4-5-9-19/h6-7,10-13,19H,4-5,8-9,14-15H2,1-3H3,(H,24,26). The maximum Gasteiger partial charge on any atom is 0.243 e. The van der Waals surface area contributed by atoms with Crippen LogP contribution < -0.4 is 10.1 Å². The fraction of sp³-hybridized carbons (Fsp3) is 0.455. The van der Waals surface area contributed by atoms with Gasteiger partial charge in [0.25, 0.3) is 0 Å². The summed E-state index contributed by atoms with van der Waals surface area (Å²) in [4.78, 5) is 16.9. The van der Waals surface area contributed by atoms with Crippen molar-refractivity contribution >= 4 is 15.9 Å². The molecule has 1 amide bonds. The van der Waals surface area contributed by atoms with Gasteiger partial charge in [-0.25, -0.2) is 13.4 Å². The van der Waals surface area contributed by atoms with Crippen LogP contribution in [0.1, 0.15) is 42.4 Å². The lowest BCUT2D eigenvalue weighted by Gasteiger charge is -2.18. The number of hydrogen-bond acceptors (Lipinski definition) is 5. The van der Waals surface area contributed by atoms with E-state index in [0.717, 1.165) is 46.7 Å². The molecule has 1 aliphatic carbocycles. The Labute approximate surface area is 178 Å². The summed E-state index contributed by atoms with van der Waals surface area (Å²) in [6.45, 7) is 3.74. The summed E-state index contributed by atoms with van der Waals surface area (Å²) >= 11 is 0. The Bertz CT molecular complexity index is 1000. The van der Waals surface area contributed by atoms with E-state index >= 15 is 0 Å². The molecule has 1 aliphatic rings. The van der Waals surface area contributed by atoms with E-state index in [4.69, 9.17) is 4.74 Å². The van der Waals surface area contributed by atoms with Gasteiger partial charge in [0.1, 0.15) is 6.10 Å². The summed E-state index contributed by atoms with van der Waals surface area (Å²) < 4.78 is 32.6. The van der Waals surface area contributed by atoms with Crippen LogP contribution in [0.3, 0.4) is 0 Å². The smallest absolute Gasteiger partial charge is 0.243 e. The molecule has 30 heavy (non-hydrogen) atoms. The van der Waals surface area contributed by atoms with Crippen molar-refractivity contribution < 1.29 is 17.9 Å². The molecule has 0 atom stereocenters. The summed E-state index contributed by atoms with van der Waals surface area (Å²) in [7, 11) is -2.34. The molecule has 0 radical (unpaired) electrons. The van der Waals surface area contributed by atoms with E-state index in [1.807, 2.05) is 19.9 Å². The van der Waals surface area contributed by atoms with E-state index in [2.05, 4.69) is 10.3 Å². The monoisotopic (exact) mass is 431 g/mol. The van der Waals surface area contributed by atoms with Gasteiger partial charge >= 0.3 is 0 Å². The fourth-order valence-corrected chi connectivity index (χ4v) is 4.63. The van der Waals surface area contributed by atoms with Crippen LogP contribution in [0.5, 0.6) is 5.88 Å². The van der Waals surface area contributed by atoms with Gasteiger partial charge < -0.3 is 10.1 Å². The molecule has 1 aromatic heterocycles. The molecule has 0 aliphatic heterocycles. The molecule has 7 nitrogen and oxygen atoms in total. The van der Waals surface area contributed by atoms with Crippen LogP contribution >= 0.6 is 0 Å². The molecule has 0 saturated heterocycles. The van der Waals surface area contributed by atoms with Crippen molar-refractivity contribution in [2.75, 3.05) is 13.6 Å². The van der Waals surface area contributed by atoms with Gasteiger partial charge in [0.2, 0.25) is 21.8 Å². The van der Waals surface area contributed by atoms with Crippen LogP contribution in [0.4, 0.5) is 0 Å². The second-order valence-corrected chi connectivity index (χ2v) is 9.82. The lowest BCUT2D eigenvalue weighted by Crippen LogP contribution is -2.38. The molecule has 1 aromatic carbocycles. The van der Waals surface area contributed by atoms with Gasteiger partial charge in [-0.3, -0.25) is 4.79 Å². The van der Waals surface area contributed by atoms with E-state index < -0.39 is 10.0 Å². The number of ether oxygens (including phenoxy) is 1. The highest BCUT2D eigenvalue weighted by Crippen LogP contribution is 2.25. The van der Waals surface area contributed by atoms with Gasteiger partial charge in [-0.15, -0.1) is 0 Å². The first-order valence-electron chi connectivity index (χ1n) is 10.2. The Morgan fingerprint density at radius 2 is 1.93 bits per heavy atom. The summed E-state index contributed by atoms with van der Waals surface area (Å²) in [5, 5.41) is 2.77. The van der Waals surface area contributed by atoms with Crippen LogP contribution in [0.25, 0.3) is 0 Å². The molecule has 2 aromatic rings. The van der Waals surface area contributed by atoms with Crippen molar-refractivity contribution in [2.45, 2.75) is 57.1 Å². The van der Waals surface area contributed by atoms with Crippen LogP contribution in [0, 0.1) is 13.8 Å².